The molecular formula is C21H33N3O. The second-order valence-electron chi connectivity index (χ2n) is 7.75. The normalized spacial score (nSPS) is 29.1. The third-order valence-corrected chi connectivity index (χ3v) is 6.44. The Hall–Kier alpha value is -1.39. The lowest BCUT2D eigenvalue weighted by atomic mass is 9.84. The van der Waals surface area contributed by atoms with Crippen LogP contribution in [0.4, 0.5) is 0 Å². The second-order valence-corrected chi connectivity index (χ2v) is 7.75. The molecule has 5 atom stereocenters. The number of amides is 1. The topological polar surface area (TPSA) is 58.4 Å². The molecule has 2 saturated carbocycles. The Labute approximate surface area is 152 Å². The van der Waals surface area contributed by atoms with Gasteiger partial charge in [0, 0.05) is 18.6 Å². The van der Waals surface area contributed by atoms with E-state index in [2.05, 4.69) is 48.3 Å². The molecule has 0 aliphatic heterocycles. The van der Waals surface area contributed by atoms with E-state index < -0.39 is 0 Å². The van der Waals surface area contributed by atoms with Gasteiger partial charge in [-0.2, -0.15) is 0 Å². The maximum atomic E-state index is 12.8. The Morgan fingerprint density at radius 2 is 1.88 bits per heavy atom. The Kier molecular flexibility index (Phi) is 6.13. The number of benzene rings is 1. The Bertz CT molecular complexity index is 556. The summed E-state index contributed by atoms with van der Waals surface area (Å²) in [4.78, 5) is 15.2. The number of fused-ring (bicyclic) bond motifs is 2. The first-order valence-corrected chi connectivity index (χ1v) is 9.95. The molecule has 0 spiro atoms. The number of nitrogens with one attached hydrogen (secondary N) is 1. The van der Waals surface area contributed by atoms with Crippen molar-refractivity contribution in [3.63, 3.8) is 0 Å². The van der Waals surface area contributed by atoms with Crippen LogP contribution in [0.2, 0.25) is 0 Å². The van der Waals surface area contributed by atoms with Gasteiger partial charge in [0.1, 0.15) is 0 Å². The largest absolute Gasteiger partial charge is 0.354 e. The van der Waals surface area contributed by atoms with Gasteiger partial charge in [0.25, 0.3) is 0 Å². The molecule has 1 aromatic rings. The molecular weight excluding hydrogens is 310 g/mol. The van der Waals surface area contributed by atoms with Gasteiger partial charge in [-0.05, 0) is 56.2 Å². The maximum absolute atomic E-state index is 12.8. The molecule has 0 radical (unpaired) electrons. The molecule has 2 aliphatic carbocycles. The van der Waals surface area contributed by atoms with Gasteiger partial charge < -0.3 is 11.1 Å². The number of likely N-dealkylation sites (N-methyl/N-ethyl adjacent to an activating group) is 1. The molecule has 1 amide bonds. The van der Waals surface area contributed by atoms with Crippen molar-refractivity contribution in [2.24, 2.45) is 23.5 Å². The van der Waals surface area contributed by atoms with E-state index in [0.29, 0.717) is 24.4 Å². The predicted molar refractivity (Wildman–Crippen MR) is 102 cm³/mol. The van der Waals surface area contributed by atoms with Crippen molar-refractivity contribution in [1.82, 2.24) is 10.2 Å². The number of nitrogens with two attached hydrogens (primary N) is 1. The lowest BCUT2D eigenvalue weighted by Gasteiger charge is -2.32. The molecule has 5 unspecified atom stereocenters. The molecule has 4 heteroatoms. The standard InChI is InChI=1S/C21H33N3O/c1-3-24(4-2)18(12-15-8-6-5-7-9-15)14-23-21(25)19-16-10-11-17(13-16)20(19)22/h5-9,16-20H,3-4,10-14,22H2,1-2H3,(H,23,25). The van der Waals surface area contributed by atoms with Crippen LogP contribution in [-0.4, -0.2) is 42.5 Å². The smallest absolute Gasteiger partial charge is 0.225 e. The SMILES string of the molecule is CCN(CC)C(CNC(=O)C1C2CCC(C2)C1N)Cc1ccccc1. The van der Waals surface area contributed by atoms with Crippen LogP contribution in [0.15, 0.2) is 30.3 Å². The van der Waals surface area contributed by atoms with Crippen molar-refractivity contribution in [2.45, 2.75) is 51.6 Å². The van der Waals surface area contributed by atoms with Gasteiger partial charge in [-0.25, -0.2) is 0 Å². The molecule has 2 bridgehead atoms. The van der Waals surface area contributed by atoms with Gasteiger partial charge in [-0.15, -0.1) is 0 Å². The summed E-state index contributed by atoms with van der Waals surface area (Å²) in [6, 6.07) is 11.0. The number of carbonyl (C=O) groups is 1. The zero-order valence-electron chi connectivity index (χ0n) is 15.7. The van der Waals surface area contributed by atoms with E-state index in [4.69, 9.17) is 5.73 Å². The van der Waals surface area contributed by atoms with E-state index in [1.54, 1.807) is 0 Å². The summed E-state index contributed by atoms with van der Waals surface area (Å²) in [5, 5.41) is 3.25. The average molecular weight is 344 g/mol. The van der Waals surface area contributed by atoms with E-state index in [1.165, 1.54) is 18.4 Å². The summed E-state index contributed by atoms with van der Waals surface area (Å²) in [6.45, 7) is 7.08. The third-order valence-electron chi connectivity index (χ3n) is 6.44. The molecule has 0 saturated heterocycles. The van der Waals surface area contributed by atoms with Crippen LogP contribution in [0, 0.1) is 17.8 Å². The molecule has 25 heavy (non-hydrogen) atoms. The highest BCUT2D eigenvalue weighted by Crippen LogP contribution is 2.47. The van der Waals surface area contributed by atoms with Gasteiger partial charge in [0.2, 0.25) is 5.91 Å². The van der Waals surface area contributed by atoms with Crippen LogP contribution >= 0.6 is 0 Å². The highest BCUT2D eigenvalue weighted by atomic mass is 16.2. The van der Waals surface area contributed by atoms with Crippen molar-refractivity contribution in [3.05, 3.63) is 35.9 Å². The first-order valence-electron chi connectivity index (χ1n) is 9.95. The van der Waals surface area contributed by atoms with E-state index in [0.717, 1.165) is 25.9 Å². The molecule has 1 aromatic carbocycles. The first kappa shape index (κ1) is 18.4. The van der Waals surface area contributed by atoms with Gasteiger partial charge in [0.15, 0.2) is 0 Å². The third kappa shape index (κ3) is 4.06. The van der Waals surface area contributed by atoms with Crippen molar-refractivity contribution >= 4 is 5.91 Å². The van der Waals surface area contributed by atoms with Crippen molar-refractivity contribution in [2.75, 3.05) is 19.6 Å². The summed E-state index contributed by atoms with van der Waals surface area (Å²) in [5.41, 5.74) is 7.66. The summed E-state index contributed by atoms with van der Waals surface area (Å²) >= 11 is 0. The molecule has 2 aliphatic rings. The molecule has 3 rings (SSSR count). The number of carbonyl (C=O) groups excluding carboxylic acids is 1. The number of rotatable bonds is 8. The van der Waals surface area contributed by atoms with Crippen LogP contribution < -0.4 is 11.1 Å². The quantitative estimate of drug-likeness (QED) is 0.762. The van der Waals surface area contributed by atoms with Crippen molar-refractivity contribution in [1.29, 1.82) is 0 Å². The first-order chi connectivity index (χ1) is 12.1. The van der Waals surface area contributed by atoms with Crippen molar-refractivity contribution in [3.8, 4) is 0 Å². The molecule has 3 N–H and O–H groups in total. The van der Waals surface area contributed by atoms with E-state index in [1.807, 2.05) is 6.07 Å². The number of hydrogen-bond acceptors (Lipinski definition) is 3. The molecule has 0 heterocycles. The fourth-order valence-electron chi connectivity index (χ4n) is 5.02. The fourth-order valence-corrected chi connectivity index (χ4v) is 5.02. The summed E-state index contributed by atoms with van der Waals surface area (Å²) < 4.78 is 0. The molecule has 2 fully saturated rings. The fraction of sp³-hybridized carbons (Fsp3) is 0.667. The molecule has 138 valence electrons. The minimum atomic E-state index is 0.0350. The van der Waals surface area contributed by atoms with Gasteiger partial charge >= 0.3 is 0 Å². The Balaban J connectivity index is 1.61. The molecule has 0 aromatic heterocycles. The lowest BCUT2D eigenvalue weighted by molar-refractivity contribution is -0.127. The summed E-state index contributed by atoms with van der Waals surface area (Å²) in [7, 11) is 0. The minimum Gasteiger partial charge on any atom is -0.354 e. The van der Waals surface area contributed by atoms with Crippen molar-refractivity contribution < 1.29 is 4.79 Å². The maximum Gasteiger partial charge on any atom is 0.225 e. The van der Waals surface area contributed by atoms with Gasteiger partial charge in [0.05, 0.1) is 5.92 Å². The minimum absolute atomic E-state index is 0.0350. The highest BCUT2D eigenvalue weighted by Gasteiger charge is 2.49. The monoisotopic (exact) mass is 343 g/mol. The van der Waals surface area contributed by atoms with Crippen LogP contribution in [0.25, 0.3) is 0 Å². The van der Waals surface area contributed by atoms with Crippen LogP contribution in [0.1, 0.15) is 38.7 Å². The van der Waals surface area contributed by atoms with Gasteiger partial charge in [-0.1, -0.05) is 44.2 Å². The van der Waals surface area contributed by atoms with E-state index in [-0.39, 0.29) is 17.9 Å². The second kappa shape index (κ2) is 8.33. The van der Waals surface area contributed by atoms with Gasteiger partial charge in [-0.3, -0.25) is 9.69 Å². The van der Waals surface area contributed by atoms with Crippen LogP contribution in [0.3, 0.4) is 0 Å². The Morgan fingerprint density at radius 3 is 2.48 bits per heavy atom. The van der Waals surface area contributed by atoms with E-state index in [9.17, 15) is 4.79 Å². The zero-order valence-corrected chi connectivity index (χ0v) is 15.7. The summed E-state index contributed by atoms with van der Waals surface area (Å²) in [5.74, 6) is 1.31. The zero-order chi connectivity index (χ0) is 17.8. The lowest BCUT2D eigenvalue weighted by Crippen LogP contribution is -2.50. The van der Waals surface area contributed by atoms with E-state index >= 15 is 0 Å². The Morgan fingerprint density at radius 1 is 1.20 bits per heavy atom. The molecule has 4 nitrogen and oxygen atoms in total. The predicted octanol–water partition coefficient (Wildman–Crippen LogP) is 2.43. The van der Waals surface area contributed by atoms with Crippen LogP contribution in [-0.2, 0) is 11.2 Å². The summed E-state index contributed by atoms with van der Waals surface area (Å²) in [6.07, 6.45) is 4.51. The number of hydrogen-bond donors (Lipinski definition) is 2. The number of nitrogens with zero attached hydrogens (tertiary/aromatic N) is 1. The van der Waals surface area contributed by atoms with Crippen LogP contribution in [0.5, 0.6) is 0 Å². The highest BCUT2D eigenvalue weighted by molar-refractivity contribution is 5.80. The average Bonchev–Trinajstić information content (AvgIpc) is 3.22.